The van der Waals surface area contributed by atoms with Crippen LogP contribution >= 0.6 is 0 Å². The summed E-state index contributed by atoms with van der Waals surface area (Å²) in [6, 6.07) is 7.08. The van der Waals surface area contributed by atoms with Crippen LogP contribution < -0.4 is 9.47 Å². The van der Waals surface area contributed by atoms with Gasteiger partial charge in [0.1, 0.15) is 6.61 Å². The van der Waals surface area contributed by atoms with Gasteiger partial charge in [-0.05, 0) is 26.0 Å². The molecule has 0 spiro atoms. The number of para-hydroxylation sites is 2. The molecule has 0 aromatic heterocycles. The van der Waals surface area contributed by atoms with E-state index in [1.165, 1.54) is 0 Å². The molecule has 1 unspecified atom stereocenters. The fourth-order valence-corrected chi connectivity index (χ4v) is 2.15. The molecule has 0 bridgehead atoms. The van der Waals surface area contributed by atoms with Gasteiger partial charge in [0, 0.05) is 13.1 Å². The number of carbonyl (C=O) groups is 2. The molecule has 1 aliphatic heterocycles. The highest BCUT2D eigenvalue weighted by Gasteiger charge is 2.29. The number of ether oxygens (including phenoxy) is 3. The number of fused-ring (bicyclic) bond motifs is 1. The summed E-state index contributed by atoms with van der Waals surface area (Å²) in [5.41, 5.74) is 0.868. The maximum Gasteiger partial charge on any atom is 0.351 e. The van der Waals surface area contributed by atoms with Gasteiger partial charge in [-0.15, -0.1) is 0 Å². The topological polar surface area (TPSA) is 65.1 Å². The Balaban J connectivity index is 1.86. The summed E-state index contributed by atoms with van der Waals surface area (Å²) in [6.07, 6.45) is -0.867. The third-order valence-electron chi connectivity index (χ3n) is 3.30. The summed E-state index contributed by atoms with van der Waals surface area (Å²) >= 11 is 0. The monoisotopic (exact) mass is 319 g/mol. The molecule has 1 aliphatic rings. The lowest BCUT2D eigenvalue weighted by atomic mass is 10.2. The van der Waals surface area contributed by atoms with Crippen LogP contribution in [0.25, 0.3) is 0 Å². The number of benzene rings is 1. The molecule has 1 heterocycles. The molecule has 0 radical (unpaired) electrons. The zero-order chi connectivity index (χ0) is 16.8. The SMILES string of the molecule is C=C(C)CN(CC)C(=O)COC(=O)C1COc2ccccc2O1. The first kappa shape index (κ1) is 16.9. The number of likely N-dealkylation sites (N-methyl/N-ethyl adjacent to an activating group) is 1. The van der Waals surface area contributed by atoms with Crippen molar-refractivity contribution in [2.75, 3.05) is 26.3 Å². The Morgan fingerprint density at radius 1 is 1.35 bits per heavy atom. The zero-order valence-corrected chi connectivity index (χ0v) is 13.4. The molecule has 1 aromatic carbocycles. The Bertz CT molecular complexity index is 598. The lowest BCUT2D eigenvalue weighted by Crippen LogP contribution is -2.41. The molecule has 0 saturated carbocycles. The third kappa shape index (κ3) is 4.48. The molecular formula is C17H21NO5. The number of carbonyl (C=O) groups excluding carboxylic acids is 2. The second-order valence-electron chi connectivity index (χ2n) is 5.34. The Morgan fingerprint density at radius 2 is 2.04 bits per heavy atom. The molecule has 0 N–H and O–H groups in total. The van der Waals surface area contributed by atoms with Crippen molar-refractivity contribution in [1.29, 1.82) is 0 Å². The fraction of sp³-hybridized carbons (Fsp3) is 0.412. The van der Waals surface area contributed by atoms with Gasteiger partial charge in [-0.25, -0.2) is 4.79 Å². The van der Waals surface area contributed by atoms with Crippen molar-refractivity contribution in [3.05, 3.63) is 36.4 Å². The van der Waals surface area contributed by atoms with Crippen LogP contribution in [0.2, 0.25) is 0 Å². The van der Waals surface area contributed by atoms with E-state index >= 15 is 0 Å². The van der Waals surface area contributed by atoms with Gasteiger partial charge in [0.05, 0.1) is 0 Å². The molecular weight excluding hydrogens is 298 g/mol. The summed E-state index contributed by atoms with van der Waals surface area (Å²) in [5, 5.41) is 0. The van der Waals surface area contributed by atoms with Crippen molar-refractivity contribution < 1.29 is 23.8 Å². The van der Waals surface area contributed by atoms with Gasteiger partial charge < -0.3 is 19.1 Å². The van der Waals surface area contributed by atoms with Crippen molar-refractivity contribution in [2.24, 2.45) is 0 Å². The average Bonchev–Trinajstić information content (AvgIpc) is 2.56. The standard InChI is InChI=1S/C17H21NO5/c1-4-18(9-12(2)3)16(19)11-22-17(20)15-10-21-13-7-5-6-8-14(13)23-15/h5-8,15H,2,4,9-11H2,1,3H3. The highest BCUT2D eigenvalue weighted by molar-refractivity contribution is 5.82. The van der Waals surface area contributed by atoms with Crippen LogP contribution in [-0.4, -0.2) is 49.2 Å². The number of esters is 1. The molecule has 1 atom stereocenters. The van der Waals surface area contributed by atoms with E-state index in [-0.39, 0.29) is 19.1 Å². The van der Waals surface area contributed by atoms with E-state index in [9.17, 15) is 9.59 Å². The van der Waals surface area contributed by atoms with E-state index in [2.05, 4.69) is 6.58 Å². The number of rotatable bonds is 6. The minimum Gasteiger partial charge on any atom is -0.485 e. The largest absolute Gasteiger partial charge is 0.485 e. The molecule has 6 heteroatoms. The first-order valence-electron chi connectivity index (χ1n) is 7.48. The summed E-state index contributed by atoms with van der Waals surface area (Å²) in [5.74, 6) is 0.205. The quantitative estimate of drug-likeness (QED) is 0.591. The predicted molar refractivity (Wildman–Crippen MR) is 84.4 cm³/mol. The first-order valence-corrected chi connectivity index (χ1v) is 7.48. The maximum absolute atomic E-state index is 12.0. The highest BCUT2D eigenvalue weighted by Crippen LogP contribution is 2.31. The van der Waals surface area contributed by atoms with Crippen molar-refractivity contribution in [2.45, 2.75) is 20.0 Å². The average molecular weight is 319 g/mol. The first-order chi connectivity index (χ1) is 11.0. The van der Waals surface area contributed by atoms with Gasteiger partial charge >= 0.3 is 5.97 Å². The molecule has 23 heavy (non-hydrogen) atoms. The van der Waals surface area contributed by atoms with Crippen molar-refractivity contribution in [1.82, 2.24) is 4.90 Å². The van der Waals surface area contributed by atoms with Gasteiger partial charge in [-0.3, -0.25) is 4.79 Å². The summed E-state index contributed by atoms with van der Waals surface area (Å²) in [6.45, 7) is 8.20. The lowest BCUT2D eigenvalue weighted by Gasteiger charge is -2.25. The molecule has 2 rings (SSSR count). The minimum atomic E-state index is -0.867. The van der Waals surface area contributed by atoms with E-state index in [0.29, 0.717) is 24.6 Å². The molecule has 0 saturated heterocycles. The number of amides is 1. The number of hydrogen-bond donors (Lipinski definition) is 0. The van der Waals surface area contributed by atoms with Crippen LogP contribution in [0.1, 0.15) is 13.8 Å². The van der Waals surface area contributed by atoms with Crippen molar-refractivity contribution >= 4 is 11.9 Å². The second kappa shape index (κ2) is 7.67. The van der Waals surface area contributed by atoms with Crippen LogP contribution in [0.5, 0.6) is 11.5 Å². The van der Waals surface area contributed by atoms with Crippen LogP contribution in [0, 0.1) is 0 Å². The van der Waals surface area contributed by atoms with Gasteiger partial charge in [-0.2, -0.15) is 0 Å². The smallest absolute Gasteiger partial charge is 0.351 e. The van der Waals surface area contributed by atoms with Crippen LogP contribution in [-0.2, 0) is 14.3 Å². The van der Waals surface area contributed by atoms with Gasteiger partial charge in [-0.1, -0.05) is 24.3 Å². The summed E-state index contributed by atoms with van der Waals surface area (Å²) < 4.78 is 16.0. The maximum atomic E-state index is 12.0. The zero-order valence-electron chi connectivity index (χ0n) is 13.4. The third-order valence-corrected chi connectivity index (χ3v) is 3.30. The van der Waals surface area contributed by atoms with Crippen LogP contribution in [0.4, 0.5) is 0 Å². The minimum absolute atomic E-state index is 0.0628. The van der Waals surface area contributed by atoms with E-state index in [1.807, 2.05) is 19.9 Å². The second-order valence-corrected chi connectivity index (χ2v) is 5.34. The fourth-order valence-electron chi connectivity index (χ4n) is 2.15. The van der Waals surface area contributed by atoms with Crippen molar-refractivity contribution in [3.8, 4) is 11.5 Å². The van der Waals surface area contributed by atoms with Gasteiger partial charge in [0.15, 0.2) is 18.1 Å². The molecule has 1 amide bonds. The van der Waals surface area contributed by atoms with E-state index in [0.717, 1.165) is 5.57 Å². The predicted octanol–water partition coefficient (Wildman–Crippen LogP) is 1.79. The Morgan fingerprint density at radius 3 is 2.70 bits per heavy atom. The molecule has 1 aromatic rings. The molecule has 0 aliphatic carbocycles. The number of hydrogen-bond acceptors (Lipinski definition) is 5. The molecule has 0 fully saturated rings. The Hall–Kier alpha value is -2.50. The van der Waals surface area contributed by atoms with Crippen LogP contribution in [0.3, 0.4) is 0 Å². The van der Waals surface area contributed by atoms with E-state index in [1.54, 1.807) is 23.1 Å². The van der Waals surface area contributed by atoms with E-state index in [4.69, 9.17) is 14.2 Å². The lowest BCUT2D eigenvalue weighted by molar-refractivity contribution is -0.159. The normalized spacial score (nSPS) is 15.7. The Kier molecular flexibility index (Phi) is 5.62. The molecule has 124 valence electrons. The van der Waals surface area contributed by atoms with Crippen molar-refractivity contribution in [3.63, 3.8) is 0 Å². The van der Waals surface area contributed by atoms with Gasteiger partial charge in [0.25, 0.3) is 5.91 Å². The highest BCUT2D eigenvalue weighted by atomic mass is 16.6. The summed E-state index contributed by atoms with van der Waals surface area (Å²) in [7, 11) is 0. The Labute approximate surface area is 135 Å². The summed E-state index contributed by atoms with van der Waals surface area (Å²) in [4.78, 5) is 25.6. The van der Waals surface area contributed by atoms with E-state index < -0.39 is 12.1 Å². The molecule has 6 nitrogen and oxygen atoms in total. The van der Waals surface area contributed by atoms with Crippen LogP contribution in [0.15, 0.2) is 36.4 Å². The van der Waals surface area contributed by atoms with Gasteiger partial charge in [0.2, 0.25) is 6.10 Å². The number of nitrogens with zero attached hydrogens (tertiary/aromatic N) is 1.